The predicted molar refractivity (Wildman–Crippen MR) is 115 cm³/mol. The Morgan fingerprint density at radius 3 is 2.73 bits per heavy atom. The summed E-state index contributed by atoms with van der Waals surface area (Å²) in [6.45, 7) is 3.14. The number of esters is 1. The molecule has 1 N–H and O–H groups in total. The van der Waals surface area contributed by atoms with Crippen molar-refractivity contribution in [3.8, 4) is 0 Å². The average molecular weight is 410 g/mol. The number of carbonyl (C=O) groups is 2. The summed E-state index contributed by atoms with van der Waals surface area (Å²) in [6.07, 6.45) is 9.91. The molecule has 3 aliphatic heterocycles. The van der Waals surface area contributed by atoms with E-state index in [0.717, 1.165) is 32.0 Å². The first-order valence-corrected chi connectivity index (χ1v) is 11.3. The lowest BCUT2D eigenvalue weighted by atomic mass is 9.68. The van der Waals surface area contributed by atoms with E-state index in [-0.39, 0.29) is 18.0 Å². The fraction of sp³-hybridized carbons (Fsp3) is 0.583. The lowest BCUT2D eigenvalue weighted by Crippen LogP contribution is -2.60. The number of fused-ring (bicyclic) bond motifs is 6. The van der Waals surface area contributed by atoms with Crippen LogP contribution in [0.5, 0.6) is 0 Å². The highest BCUT2D eigenvalue weighted by Crippen LogP contribution is 2.45. The van der Waals surface area contributed by atoms with Crippen LogP contribution in [0.15, 0.2) is 35.9 Å². The molecule has 5 rings (SSSR count). The van der Waals surface area contributed by atoms with Crippen molar-refractivity contribution in [1.82, 2.24) is 9.80 Å². The molecule has 2 bridgehead atoms. The number of nitrogens with one attached hydrogen (secondary N) is 1. The van der Waals surface area contributed by atoms with E-state index in [2.05, 4.69) is 21.2 Å². The number of likely N-dealkylation sites (tertiary alicyclic amines) is 1. The number of amides is 2. The quantitative estimate of drug-likeness (QED) is 0.594. The first-order chi connectivity index (χ1) is 14.6. The van der Waals surface area contributed by atoms with Gasteiger partial charge in [-0.05, 0) is 74.8 Å². The molecule has 4 unspecified atom stereocenters. The van der Waals surface area contributed by atoms with Gasteiger partial charge in [0.2, 0.25) is 0 Å². The number of rotatable bonds is 2. The number of nitrogens with zero attached hydrogens (tertiary/aromatic N) is 2. The molecule has 0 radical (unpaired) electrons. The minimum atomic E-state index is -0.372. The Labute approximate surface area is 178 Å². The molecule has 3 saturated heterocycles. The number of hydrogen-bond acceptors (Lipinski definition) is 4. The third-order valence-corrected chi connectivity index (χ3v) is 7.48. The van der Waals surface area contributed by atoms with Gasteiger partial charge in [-0.15, -0.1) is 0 Å². The minimum absolute atomic E-state index is 0.0318. The second-order valence-electron chi connectivity index (χ2n) is 9.20. The molecule has 0 spiro atoms. The van der Waals surface area contributed by atoms with Crippen LogP contribution in [0.25, 0.3) is 0 Å². The van der Waals surface area contributed by atoms with Crippen molar-refractivity contribution in [2.24, 2.45) is 11.8 Å². The van der Waals surface area contributed by atoms with Crippen LogP contribution in [0.2, 0.25) is 0 Å². The highest BCUT2D eigenvalue weighted by atomic mass is 16.5. The maximum absolute atomic E-state index is 13.2. The van der Waals surface area contributed by atoms with Crippen LogP contribution in [0, 0.1) is 11.8 Å². The van der Waals surface area contributed by atoms with Crippen LogP contribution in [0.3, 0.4) is 0 Å². The zero-order chi connectivity index (χ0) is 20.7. The van der Waals surface area contributed by atoms with Gasteiger partial charge in [0.25, 0.3) is 0 Å². The molecule has 3 fully saturated rings. The number of carbonyl (C=O) groups excluding carboxylic acids is 2. The van der Waals surface area contributed by atoms with Crippen LogP contribution >= 0.6 is 0 Å². The monoisotopic (exact) mass is 409 g/mol. The number of ether oxygens (including phenoxy) is 1. The highest BCUT2D eigenvalue weighted by Gasteiger charge is 2.46. The molecular weight excluding hydrogens is 378 g/mol. The molecule has 1 aliphatic carbocycles. The Bertz CT molecular complexity index is 850. The summed E-state index contributed by atoms with van der Waals surface area (Å²) in [5.41, 5.74) is 2.68. The Kier molecular flexibility index (Phi) is 5.27. The topological polar surface area (TPSA) is 61.9 Å². The van der Waals surface area contributed by atoms with Crippen molar-refractivity contribution >= 4 is 17.7 Å². The van der Waals surface area contributed by atoms with Crippen LogP contribution in [-0.2, 0) is 4.74 Å². The Hall–Kier alpha value is -2.34. The maximum Gasteiger partial charge on any atom is 0.337 e. The van der Waals surface area contributed by atoms with E-state index < -0.39 is 0 Å². The largest absolute Gasteiger partial charge is 0.465 e. The summed E-state index contributed by atoms with van der Waals surface area (Å²) in [5, 5.41) is 3.05. The fourth-order valence-corrected chi connectivity index (χ4v) is 6.20. The molecule has 6 heteroatoms. The summed E-state index contributed by atoms with van der Waals surface area (Å²) < 4.78 is 4.74. The van der Waals surface area contributed by atoms with Crippen molar-refractivity contribution in [2.45, 2.75) is 50.6 Å². The van der Waals surface area contributed by atoms with Crippen molar-refractivity contribution in [1.29, 1.82) is 0 Å². The fourth-order valence-electron chi connectivity index (χ4n) is 6.20. The lowest BCUT2D eigenvalue weighted by molar-refractivity contribution is 0.00908. The first-order valence-electron chi connectivity index (χ1n) is 11.3. The Morgan fingerprint density at radius 1 is 1.10 bits per heavy atom. The third-order valence-electron chi connectivity index (χ3n) is 7.48. The van der Waals surface area contributed by atoms with E-state index in [1.807, 2.05) is 0 Å². The molecule has 30 heavy (non-hydrogen) atoms. The molecule has 4 aliphatic rings. The third kappa shape index (κ3) is 3.51. The van der Waals surface area contributed by atoms with Gasteiger partial charge in [0.1, 0.15) is 0 Å². The summed E-state index contributed by atoms with van der Waals surface area (Å²) in [6, 6.07) is 7.82. The molecule has 160 valence electrons. The smallest absolute Gasteiger partial charge is 0.337 e. The van der Waals surface area contributed by atoms with E-state index >= 15 is 0 Å². The summed E-state index contributed by atoms with van der Waals surface area (Å²) in [4.78, 5) is 29.6. The number of urea groups is 1. The van der Waals surface area contributed by atoms with Crippen molar-refractivity contribution in [2.75, 3.05) is 32.1 Å². The lowest BCUT2D eigenvalue weighted by Gasteiger charge is -2.54. The first kappa shape index (κ1) is 19.6. The van der Waals surface area contributed by atoms with Gasteiger partial charge in [0.05, 0.1) is 18.7 Å². The maximum atomic E-state index is 13.2. The molecule has 1 aromatic rings. The molecule has 0 aromatic heterocycles. The van der Waals surface area contributed by atoms with Gasteiger partial charge in [-0.25, -0.2) is 9.59 Å². The van der Waals surface area contributed by atoms with Gasteiger partial charge in [0.15, 0.2) is 0 Å². The predicted octanol–water partition coefficient (Wildman–Crippen LogP) is 3.90. The van der Waals surface area contributed by atoms with Crippen LogP contribution in [0.4, 0.5) is 10.5 Å². The normalized spacial score (nSPS) is 30.6. The van der Waals surface area contributed by atoms with Gasteiger partial charge in [0, 0.05) is 24.8 Å². The highest BCUT2D eigenvalue weighted by molar-refractivity contribution is 5.92. The average Bonchev–Trinajstić information content (AvgIpc) is 2.78. The zero-order valence-electron chi connectivity index (χ0n) is 17.7. The Morgan fingerprint density at radius 2 is 1.93 bits per heavy atom. The number of hydrogen-bond donors (Lipinski definition) is 1. The Balaban J connectivity index is 1.33. The molecule has 0 saturated carbocycles. The number of benzene rings is 1. The SMILES string of the molecule is COC(=O)c1ccc(NC(=O)N2CCCC3=CC4CC(CN5CCCCC45)C32)cc1. The van der Waals surface area contributed by atoms with E-state index in [1.165, 1.54) is 44.9 Å². The molecule has 2 amide bonds. The zero-order valence-corrected chi connectivity index (χ0v) is 17.7. The van der Waals surface area contributed by atoms with E-state index in [4.69, 9.17) is 4.74 Å². The van der Waals surface area contributed by atoms with Crippen LogP contribution in [0.1, 0.15) is 48.9 Å². The molecule has 3 heterocycles. The van der Waals surface area contributed by atoms with Gasteiger partial charge in [-0.3, -0.25) is 4.90 Å². The summed E-state index contributed by atoms with van der Waals surface area (Å²) >= 11 is 0. The van der Waals surface area contributed by atoms with Crippen molar-refractivity contribution < 1.29 is 14.3 Å². The number of piperidine rings is 3. The van der Waals surface area contributed by atoms with Crippen molar-refractivity contribution in [3.63, 3.8) is 0 Å². The summed E-state index contributed by atoms with van der Waals surface area (Å²) in [5.74, 6) is 0.838. The standard InChI is InChI=1S/C24H31N3O3/c1-30-23(28)16-7-9-20(10-8-16)25-24(29)27-12-4-5-17-13-18-14-19(22(17)27)15-26-11-3-2-6-21(18)26/h7-10,13,18-19,21-22H,2-6,11-12,14-15H2,1H3,(H,25,29). The molecule has 1 aromatic carbocycles. The minimum Gasteiger partial charge on any atom is -0.465 e. The van der Waals surface area contributed by atoms with E-state index in [9.17, 15) is 9.59 Å². The second-order valence-corrected chi connectivity index (χ2v) is 9.20. The van der Waals surface area contributed by atoms with Gasteiger partial charge in [-0.1, -0.05) is 18.1 Å². The van der Waals surface area contributed by atoms with Gasteiger partial charge >= 0.3 is 12.0 Å². The van der Waals surface area contributed by atoms with Gasteiger partial charge < -0.3 is 15.0 Å². The molecular formula is C24H31N3O3. The van der Waals surface area contributed by atoms with Crippen LogP contribution < -0.4 is 5.32 Å². The molecule has 4 atom stereocenters. The second kappa shape index (κ2) is 8.06. The van der Waals surface area contributed by atoms with Gasteiger partial charge in [-0.2, -0.15) is 0 Å². The number of anilines is 1. The summed E-state index contributed by atoms with van der Waals surface area (Å²) in [7, 11) is 1.37. The van der Waals surface area contributed by atoms with Crippen LogP contribution in [-0.4, -0.2) is 60.6 Å². The molecule has 6 nitrogen and oxygen atoms in total. The van der Waals surface area contributed by atoms with Crippen molar-refractivity contribution in [3.05, 3.63) is 41.5 Å². The van der Waals surface area contributed by atoms with E-state index in [1.54, 1.807) is 24.3 Å². The van der Waals surface area contributed by atoms with E-state index in [0.29, 0.717) is 23.1 Å². The number of methoxy groups -OCH3 is 1.